The number of carbonyl (C=O) groups is 1. The normalized spacial score (nSPS) is 10.8. The number of carbonyl (C=O) groups excluding carboxylic acids is 1. The number of fused-ring (bicyclic) bond motifs is 1. The van der Waals surface area contributed by atoms with E-state index in [2.05, 4.69) is 4.98 Å². The smallest absolute Gasteiger partial charge is 0.264 e. The van der Waals surface area contributed by atoms with Crippen molar-refractivity contribution in [2.24, 2.45) is 0 Å². The summed E-state index contributed by atoms with van der Waals surface area (Å²) in [4.78, 5) is 24.4. The van der Waals surface area contributed by atoms with Crippen LogP contribution in [0.4, 0.5) is 5.13 Å². The molecule has 158 valence electrons. The molecule has 0 saturated heterocycles. The molecule has 0 saturated carbocycles. The van der Waals surface area contributed by atoms with Crippen molar-refractivity contribution in [1.82, 2.24) is 9.97 Å². The summed E-state index contributed by atoms with van der Waals surface area (Å²) >= 11 is 7.60. The Balaban J connectivity index is 1.82. The lowest BCUT2D eigenvalue weighted by Crippen LogP contribution is -2.31. The average molecular weight is 454 g/mol. The van der Waals surface area contributed by atoms with E-state index in [1.54, 1.807) is 29.3 Å². The van der Waals surface area contributed by atoms with E-state index in [0.29, 0.717) is 33.8 Å². The number of hydrogen-bond donors (Lipinski definition) is 0. The minimum absolute atomic E-state index is 0.249. The number of nitrogens with zero attached hydrogens (tertiary/aromatic N) is 3. The number of halogens is 1. The van der Waals surface area contributed by atoms with Crippen molar-refractivity contribution in [1.29, 1.82) is 0 Å². The first-order chi connectivity index (χ1) is 15.1. The summed E-state index contributed by atoms with van der Waals surface area (Å²) in [7, 11) is 1.52. The van der Waals surface area contributed by atoms with E-state index >= 15 is 0 Å². The fraction of sp³-hybridized carbons (Fsp3) is 0.174. The molecule has 8 heteroatoms. The number of rotatable bonds is 7. The first-order valence-corrected chi connectivity index (χ1v) is 10.9. The van der Waals surface area contributed by atoms with E-state index in [1.807, 2.05) is 43.3 Å². The van der Waals surface area contributed by atoms with Crippen molar-refractivity contribution >= 4 is 44.2 Å². The van der Waals surface area contributed by atoms with Crippen molar-refractivity contribution in [2.45, 2.75) is 13.5 Å². The summed E-state index contributed by atoms with van der Waals surface area (Å²) in [6.07, 6.45) is 1.70. The van der Waals surface area contributed by atoms with Gasteiger partial charge in [-0.15, -0.1) is 0 Å². The predicted octanol–water partition coefficient (Wildman–Crippen LogP) is 5.60. The number of anilines is 1. The van der Waals surface area contributed by atoms with Gasteiger partial charge in [0.1, 0.15) is 17.0 Å². The molecule has 31 heavy (non-hydrogen) atoms. The molecule has 0 N–H and O–H groups in total. The van der Waals surface area contributed by atoms with Gasteiger partial charge in [-0.25, -0.2) is 4.98 Å². The molecule has 4 rings (SSSR count). The van der Waals surface area contributed by atoms with Crippen molar-refractivity contribution in [3.63, 3.8) is 0 Å². The van der Waals surface area contributed by atoms with E-state index in [9.17, 15) is 4.79 Å². The summed E-state index contributed by atoms with van der Waals surface area (Å²) in [6, 6.07) is 16.3. The van der Waals surface area contributed by atoms with E-state index in [1.165, 1.54) is 18.4 Å². The van der Waals surface area contributed by atoms with Gasteiger partial charge in [0, 0.05) is 11.2 Å². The summed E-state index contributed by atoms with van der Waals surface area (Å²) in [5, 5.41) is 0.990. The highest BCUT2D eigenvalue weighted by Gasteiger charge is 2.25. The molecule has 1 amide bonds. The molecule has 0 aliphatic rings. The number of benzene rings is 2. The quantitative estimate of drug-likeness (QED) is 0.364. The topological polar surface area (TPSA) is 64.5 Å². The van der Waals surface area contributed by atoms with Crippen LogP contribution in [0.25, 0.3) is 10.2 Å². The van der Waals surface area contributed by atoms with Gasteiger partial charge in [-0.2, -0.15) is 0 Å². The van der Waals surface area contributed by atoms with Crippen LogP contribution in [-0.2, 0) is 6.54 Å². The molecule has 0 bridgehead atoms. The third kappa shape index (κ3) is 4.47. The molecule has 2 heterocycles. The molecule has 0 aliphatic heterocycles. The average Bonchev–Trinajstić information content (AvgIpc) is 3.23. The molecule has 2 aromatic heterocycles. The highest BCUT2D eigenvalue weighted by atomic mass is 35.5. The van der Waals surface area contributed by atoms with E-state index in [-0.39, 0.29) is 12.5 Å². The predicted molar refractivity (Wildman–Crippen MR) is 124 cm³/mol. The maximum absolute atomic E-state index is 13.7. The van der Waals surface area contributed by atoms with Gasteiger partial charge >= 0.3 is 0 Å². The summed E-state index contributed by atoms with van der Waals surface area (Å²) in [5.74, 6) is 0.853. The van der Waals surface area contributed by atoms with Gasteiger partial charge in [-0.05, 0) is 49.4 Å². The third-order valence-electron chi connectivity index (χ3n) is 4.58. The Labute approximate surface area is 189 Å². The van der Waals surface area contributed by atoms with Gasteiger partial charge in [0.05, 0.1) is 36.2 Å². The molecule has 0 atom stereocenters. The maximum Gasteiger partial charge on any atom is 0.264 e. The molecular weight excluding hydrogens is 434 g/mol. The van der Waals surface area contributed by atoms with Crippen LogP contribution < -0.4 is 14.4 Å². The number of para-hydroxylation sites is 1. The van der Waals surface area contributed by atoms with Gasteiger partial charge in [0.15, 0.2) is 5.13 Å². The Hall–Kier alpha value is -3.16. The van der Waals surface area contributed by atoms with E-state index in [4.69, 9.17) is 26.1 Å². The highest BCUT2D eigenvalue weighted by Crippen LogP contribution is 2.36. The minimum Gasteiger partial charge on any atom is -0.496 e. The van der Waals surface area contributed by atoms with Crippen molar-refractivity contribution in [2.75, 3.05) is 18.6 Å². The van der Waals surface area contributed by atoms with E-state index < -0.39 is 0 Å². The molecule has 2 aromatic carbocycles. The van der Waals surface area contributed by atoms with Crippen molar-refractivity contribution in [3.05, 3.63) is 77.1 Å². The fourth-order valence-electron chi connectivity index (χ4n) is 3.17. The lowest BCUT2D eigenvalue weighted by Gasteiger charge is -2.21. The van der Waals surface area contributed by atoms with Crippen LogP contribution in [-0.4, -0.2) is 29.6 Å². The zero-order valence-corrected chi connectivity index (χ0v) is 18.6. The summed E-state index contributed by atoms with van der Waals surface area (Å²) < 4.78 is 12.1. The van der Waals surface area contributed by atoms with Crippen molar-refractivity contribution < 1.29 is 14.3 Å². The SMILES string of the molecule is CCOc1cccc2sc(N(Cc3ccccn3)C(=O)c3cc(Cl)ccc3OC)nc12. The molecular formula is C23H20ClN3O3S. The van der Waals surface area contributed by atoms with Gasteiger partial charge in [-0.3, -0.25) is 14.7 Å². The zero-order chi connectivity index (χ0) is 21.8. The molecule has 0 fully saturated rings. The first-order valence-electron chi connectivity index (χ1n) is 9.68. The lowest BCUT2D eigenvalue weighted by atomic mass is 10.1. The summed E-state index contributed by atoms with van der Waals surface area (Å²) in [6.45, 7) is 2.70. The number of methoxy groups -OCH3 is 1. The Morgan fingerprint density at radius 1 is 1.13 bits per heavy atom. The van der Waals surface area contributed by atoms with E-state index in [0.717, 1.165) is 15.9 Å². The van der Waals surface area contributed by atoms with Gasteiger partial charge in [0.2, 0.25) is 0 Å². The fourth-order valence-corrected chi connectivity index (χ4v) is 4.32. The second-order valence-corrected chi connectivity index (χ2v) is 8.03. The molecule has 0 aliphatic carbocycles. The van der Waals surface area contributed by atoms with Crippen LogP contribution in [0.2, 0.25) is 5.02 Å². The van der Waals surface area contributed by atoms with Crippen LogP contribution in [0.1, 0.15) is 23.0 Å². The highest BCUT2D eigenvalue weighted by molar-refractivity contribution is 7.22. The van der Waals surface area contributed by atoms with Gasteiger partial charge < -0.3 is 9.47 Å². The van der Waals surface area contributed by atoms with Crippen LogP contribution in [0.15, 0.2) is 60.8 Å². The van der Waals surface area contributed by atoms with Crippen molar-refractivity contribution in [3.8, 4) is 11.5 Å². The zero-order valence-electron chi connectivity index (χ0n) is 17.0. The van der Waals surface area contributed by atoms with Crippen LogP contribution in [0.3, 0.4) is 0 Å². The number of amides is 1. The Bertz CT molecular complexity index is 1210. The van der Waals surface area contributed by atoms with Gasteiger partial charge in [0.25, 0.3) is 5.91 Å². The minimum atomic E-state index is -0.276. The first kappa shape index (κ1) is 21.1. The van der Waals surface area contributed by atoms with Crippen LogP contribution in [0, 0.1) is 0 Å². The third-order valence-corrected chi connectivity index (χ3v) is 5.86. The number of aromatic nitrogens is 2. The number of hydrogen-bond acceptors (Lipinski definition) is 6. The molecule has 6 nitrogen and oxygen atoms in total. The molecule has 4 aromatic rings. The maximum atomic E-state index is 13.7. The number of thiazole rings is 1. The number of ether oxygens (including phenoxy) is 2. The second kappa shape index (κ2) is 9.32. The molecule has 0 radical (unpaired) electrons. The van der Waals surface area contributed by atoms with Crippen LogP contribution >= 0.6 is 22.9 Å². The molecule has 0 unspecified atom stereocenters. The largest absolute Gasteiger partial charge is 0.496 e. The summed E-state index contributed by atoms with van der Waals surface area (Å²) in [5.41, 5.74) is 1.82. The van der Waals surface area contributed by atoms with Gasteiger partial charge in [-0.1, -0.05) is 35.1 Å². The second-order valence-electron chi connectivity index (χ2n) is 6.59. The Morgan fingerprint density at radius 2 is 2.00 bits per heavy atom. The lowest BCUT2D eigenvalue weighted by molar-refractivity contribution is 0.0982. The van der Waals surface area contributed by atoms with Crippen LogP contribution in [0.5, 0.6) is 11.5 Å². The number of pyridine rings is 1. The Morgan fingerprint density at radius 3 is 2.74 bits per heavy atom. The standard InChI is InChI=1S/C23H20ClN3O3S/c1-3-30-19-8-6-9-20-21(19)26-23(31-20)27(14-16-7-4-5-12-25-16)22(28)17-13-15(24)10-11-18(17)29-2/h4-13H,3,14H2,1-2H3. The monoisotopic (exact) mass is 453 g/mol. The Kier molecular flexibility index (Phi) is 6.34. The molecule has 0 spiro atoms.